The molecule has 4 nitrogen and oxygen atoms in total. The zero-order valence-electron chi connectivity index (χ0n) is 11.2. The molecule has 0 aliphatic carbocycles. The molecule has 0 atom stereocenters. The van der Waals surface area contributed by atoms with E-state index in [1.807, 2.05) is 0 Å². The number of rotatable bonds is 4. The number of hydrogen-bond acceptors (Lipinski definition) is 3. The fourth-order valence-corrected chi connectivity index (χ4v) is 2.45. The first-order valence-electron chi connectivity index (χ1n) is 6.11. The number of methoxy groups -OCH3 is 1. The molecule has 2 aromatic rings. The van der Waals surface area contributed by atoms with Gasteiger partial charge in [-0.2, -0.15) is 0 Å². The number of aromatic hydroxyl groups is 1. The summed E-state index contributed by atoms with van der Waals surface area (Å²) in [7, 11) is 1.54. The Morgan fingerprint density at radius 1 is 1.38 bits per heavy atom. The van der Waals surface area contributed by atoms with Crippen molar-refractivity contribution in [1.82, 2.24) is 5.32 Å². The average Bonchev–Trinajstić information content (AvgIpc) is 2.47. The third-order valence-electron chi connectivity index (χ3n) is 2.92. The van der Waals surface area contributed by atoms with E-state index >= 15 is 0 Å². The molecule has 21 heavy (non-hydrogen) atoms. The van der Waals surface area contributed by atoms with Crippen molar-refractivity contribution in [1.29, 1.82) is 0 Å². The Labute approximate surface area is 135 Å². The van der Waals surface area contributed by atoms with Gasteiger partial charge in [0.05, 0.1) is 12.7 Å². The van der Waals surface area contributed by atoms with Crippen LogP contribution in [0.2, 0.25) is 5.02 Å². The molecule has 0 saturated carbocycles. The van der Waals surface area contributed by atoms with Gasteiger partial charge in [0.15, 0.2) is 0 Å². The SMILES string of the molecule is COc1cccc(Cl)c1CNC(=O)c1cc(Br)ccc1O. The molecular weight excluding hydrogens is 358 g/mol. The number of benzene rings is 2. The lowest BCUT2D eigenvalue weighted by Gasteiger charge is -2.12. The second-order valence-electron chi connectivity index (χ2n) is 4.26. The molecule has 2 aromatic carbocycles. The summed E-state index contributed by atoms with van der Waals surface area (Å²) in [5.74, 6) is 0.124. The molecule has 0 aliphatic rings. The van der Waals surface area contributed by atoms with Gasteiger partial charge in [0, 0.05) is 21.6 Å². The highest BCUT2D eigenvalue weighted by atomic mass is 79.9. The Balaban J connectivity index is 2.17. The second kappa shape index (κ2) is 6.83. The Bertz CT molecular complexity index is 676. The molecular formula is C15H13BrClNO3. The van der Waals surface area contributed by atoms with Gasteiger partial charge in [0.1, 0.15) is 11.5 Å². The second-order valence-corrected chi connectivity index (χ2v) is 5.59. The van der Waals surface area contributed by atoms with Crippen LogP contribution in [-0.4, -0.2) is 18.1 Å². The van der Waals surface area contributed by atoms with E-state index in [4.69, 9.17) is 16.3 Å². The van der Waals surface area contributed by atoms with Crippen molar-refractivity contribution in [3.05, 3.63) is 57.0 Å². The maximum atomic E-state index is 12.1. The molecule has 0 saturated heterocycles. The Morgan fingerprint density at radius 3 is 2.86 bits per heavy atom. The van der Waals surface area contributed by atoms with Crippen LogP contribution in [-0.2, 0) is 6.54 Å². The number of carbonyl (C=O) groups excluding carboxylic acids is 1. The minimum Gasteiger partial charge on any atom is -0.507 e. The number of ether oxygens (including phenoxy) is 1. The zero-order valence-corrected chi connectivity index (χ0v) is 13.5. The summed E-state index contributed by atoms with van der Waals surface area (Å²) in [6.07, 6.45) is 0. The highest BCUT2D eigenvalue weighted by Gasteiger charge is 2.13. The minimum atomic E-state index is -0.393. The van der Waals surface area contributed by atoms with Crippen LogP contribution in [0.3, 0.4) is 0 Å². The monoisotopic (exact) mass is 369 g/mol. The maximum absolute atomic E-state index is 12.1. The first kappa shape index (κ1) is 15.7. The summed E-state index contributed by atoms with van der Waals surface area (Å²) in [5.41, 5.74) is 0.875. The van der Waals surface area contributed by atoms with Gasteiger partial charge in [-0.1, -0.05) is 33.6 Å². The average molecular weight is 371 g/mol. The van der Waals surface area contributed by atoms with E-state index in [1.165, 1.54) is 13.2 Å². The highest BCUT2D eigenvalue weighted by molar-refractivity contribution is 9.10. The molecule has 0 heterocycles. The molecule has 0 aromatic heterocycles. The lowest BCUT2D eigenvalue weighted by atomic mass is 10.1. The van der Waals surface area contributed by atoms with Gasteiger partial charge in [-0.15, -0.1) is 0 Å². The number of hydrogen-bond donors (Lipinski definition) is 2. The Morgan fingerprint density at radius 2 is 2.14 bits per heavy atom. The number of nitrogens with one attached hydrogen (secondary N) is 1. The van der Waals surface area contributed by atoms with Crippen molar-refractivity contribution in [2.24, 2.45) is 0 Å². The molecule has 0 radical (unpaired) electrons. The zero-order chi connectivity index (χ0) is 15.4. The summed E-state index contributed by atoms with van der Waals surface area (Å²) in [6.45, 7) is 0.202. The summed E-state index contributed by atoms with van der Waals surface area (Å²) in [4.78, 5) is 12.1. The Kier molecular flexibility index (Phi) is 5.09. The van der Waals surface area contributed by atoms with Crippen molar-refractivity contribution in [3.63, 3.8) is 0 Å². The first-order chi connectivity index (χ1) is 10.0. The van der Waals surface area contributed by atoms with Gasteiger partial charge in [0.2, 0.25) is 0 Å². The van der Waals surface area contributed by atoms with Crippen LogP contribution in [0, 0.1) is 0 Å². The fourth-order valence-electron chi connectivity index (χ4n) is 1.86. The molecule has 2 rings (SSSR count). The fraction of sp³-hybridized carbons (Fsp3) is 0.133. The van der Waals surface area contributed by atoms with E-state index in [2.05, 4.69) is 21.2 Å². The molecule has 6 heteroatoms. The van der Waals surface area contributed by atoms with E-state index < -0.39 is 5.91 Å². The summed E-state index contributed by atoms with van der Waals surface area (Å²) < 4.78 is 5.92. The van der Waals surface area contributed by atoms with Crippen LogP contribution >= 0.6 is 27.5 Å². The van der Waals surface area contributed by atoms with Crippen molar-refractivity contribution in [3.8, 4) is 11.5 Å². The number of halogens is 2. The molecule has 110 valence electrons. The summed E-state index contributed by atoms with van der Waals surface area (Å²) in [5, 5.41) is 12.9. The predicted octanol–water partition coefficient (Wildman–Crippen LogP) is 3.75. The summed E-state index contributed by atoms with van der Waals surface area (Å²) >= 11 is 9.37. The smallest absolute Gasteiger partial charge is 0.255 e. The molecule has 1 amide bonds. The van der Waals surface area contributed by atoms with Crippen LogP contribution < -0.4 is 10.1 Å². The number of phenols is 1. The van der Waals surface area contributed by atoms with Crippen molar-refractivity contribution < 1.29 is 14.6 Å². The normalized spacial score (nSPS) is 10.2. The van der Waals surface area contributed by atoms with Crippen LogP contribution in [0.1, 0.15) is 15.9 Å². The molecule has 0 bridgehead atoms. The number of phenolic OH excluding ortho intramolecular Hbond substituents is 1. The maximum Gasteiger partial charge on any atom is 0.255 e. The van der Waals surface area contributed by atoms with Crippen LogP contribution in [0.4, 0.5) is 0 Å². The van der Waals surface area contributed by atoms with E-state index in [9.17, 15) is 9.90 Å². The largest absolute Gasteiger partial charge is 0.507 e. The predicted molar refractivity (Wildman–Crippen MR) is 85.0 cm³/mol. The van der Waals surface area contributed by atoms with Crippen LogP contribution in [0.5, 0.6) is 11.5 Å². The number of amides is 1. The van der Waals surface area contributed by atoms with Crippen LogP contribution in [0.15, 0.2) is 40.9 Å². The lowest BCUT2D eigenvalue weighted by Crippen LogP contribution is -2.23. The molecule has 0 fully saturated rings. The van der Waals surface area contributed by atoms with E-state index in [1.54, 1.807) is 30.3 Å². The standard InChI is InChI=1S/C15H13BrClNO3/c1-21-14-4-2-3-12(17)11(14)8-18-15(20)10-7-9(16)5-6-13(10)19/h2-7,19H,8H2,1H3,(H,18,20). The molecule has 0 spiro atoms. The van der Waals surface area contributed by atoms with Crippen molar-refractivity contribution >= 4 is 33.4 Å². The van der Waals surface area contributed by atoms with E-state index in [-0.39, 0.29) is 17.9 Å². The number of carbonyl (C=O) groups is 1. The van der Waals surface area contributed by atoms with Gasteiger partial charge >= 0.3 is 0 Å². The van der Waals surface area contributed by atoms with Gasteiger partial charge in [0.25, 0.3) is 5.91 Å². The van der Waals surface area contributed by atoms with Gasteiger partial charge in [-0.25, -0.2) is 0 Å². The topological polar surface area (TPSA) is 58.6 Å². The lowest BCUT2D eigenvalue weighted by molar-refractivity contribution is 0.0948. The third kappa shape index (κ3) is 3.68. The van der Waals surface area contributed by atoms with Gasteiger partial charge < -0.3 is 15.2 Å². The first-order valence-corrected chi connectivity index (χ1v) is 7.28. The third-order valence-corrected chi connectivity index (χ3v) is 3.77. The highest BCUT2D eigenvalue weighted by Crippen LogP contribution is 2.26. The molecule has 0 unspecified atom stereocenters. The van der Waals surface area contributed by atoms with Crippen LogP contribution in [0.25, 0.3) is 0 Å². The van der Waals surface area contributed by atoms with E-state index in [0.717, 1.165) is 0 Å². The minimum absolute atomic E-state index is 0.0816. The van der Waals surface area contributed by atoms with Crippen molar-refractivity contribution in [2.45, 2.75) is 6.54 Å². The quantitative estimate of drug-likeness (QED) is 0.862. The van der Waals surface area contributed by atoms with Gasteiger partial charge in [-0.3, -0.25) is 4.79 Å². The van der Waals surface area contributed by atoms with Gasteiger partial charge in [-0.05, 0) is 30.3 Å². The molecule has 2 N–H and O–H groups in total. The van der Waals surface area contributed by atoms with Crippen molar-refractivity contribution in [2.75, 3.05) is 7.11 Å². The Hall–Kier alpha value is -1.72. The summed E-state index contributed by atoms with van der Waals surface area (Å²) in [6, 6.07) is 9.92. The van der Waals surface area contributed by atoms with E-state index in [0.29, 0.717) is 20.8 Å². The molecule has 0 aliphatic heterocycles.